The van der Waals surface area contributed by atoms with E-state index in [1.165, 1.54) is 16.9 Å². The Morgan fingerprint density at radius 2 is 1.92 bits per heavy atom. The lowest BCUT2D eigenvalue weighted by atomic mass is 9.88. The molecule has 0 amide bonds. The van der Waals surface area contributed by atoms with E-state index in [4.69, 9.17) is 23.2 Å². The zero-order chi connectivity index (χ0) is 18.4. The third kappa shape index (κ3) is 3.28. The van der Waals surface area contributed by atoms with Crippen LogP contribution in [0.15, 0.2) is 24.5 Å². The molecule has 0 aliphatic rings. The van der Waals surface area contributed by atoms with Gasteiger partial charge in [-0.25, -0.2) is 4.39 Å². The quantitative estimate of drug-likeness (QED) is 0.642. The molecule has 1 aromatic carbocycles. The summed E-state index contributed by atoms with van der Waals surface area (Å²) in [7, 11) is 0. The van der Waals surface area contributed by atoms with E-state index < -0.39 is 5.82 Å². The van der Waals surface area contributed by atoms with E-state index in [1.807, 2.05) is 6.92 Å². The molecule has 5 nitrogen and oxygen atoms in total. The fraction of sp³-hybridized carbons (Fsp3) is 0.353. The lowest BCUT2D eigenvalue weighted by Crippen LogP contribution is -2.32. The van der Waals surface area contributed by atoms with Crippen molar-refractivity contribution in [2.75, 3.05) is 5.32 Å². The highest BCUT2D eigenvalue weighted by atomic mass is 35.5. The van der Waals surface area contributed by atoms with Crippen LogP contribution in [0.5, 0.6) is 0 Å². The Kier molecular flexibility index (Phi) is 4.60. The minimum atomic E-state index is -0.484. The van der Waals surface area contributed by atoms with Gasteiger partial charge in [0.1, 0.15) is 23.1 Å². The van der Waals surface area contributed by atoms with E-state index in [-0.39, 0.29) is 27.2 Å². The van der Waals surface area contributed by atoms with Gasteiger partial charge >= 0.3 is 0 Å². The van der Waals surface area contributed by atoms with Gasteiger partial charge in [0, 0.05) is 11.6 Å². The first kappa shape index (κ1) is 17.9. The van der Waals surface area contributed by atoms with Gasteiger partial charge in [-0.3, -0.25) is 0 Å². The summed E-state index contributed by atoms with van der Waals surface area (Å²) in [4.78, 5) is 8.29. The fourth-order valence-electron chi connectivity index (χ4n) is 2.33. The molecule has 0 spiro atoms. The zero-order valence-electron chi connectivity index (χ0n) is 14.3. The number of hydrogen-bond donors (Lipinski definition) is 1. The maximum absolute atomic E-state index is 14.5. The van der Waals surface area contributed by atoms with Crippen LogP contribution in [0.1, 0.15) is 27.7 Å². The molecule has 25 heavy (non-hydrogen) atoms. The number of rotatable bonds is 3. The number of fused-ring (bicyclic) bond motifs is 1. The van der Waals surface area contributed by atoms with E-state index >= 15 is 0 Å². The molecular weight excluding hydrogens is 364 g/mol. The number of anilines is 1. The van der Waals surface area contributed by atoms with Crippen LogP contribution in [0.4, 0.5) is 10.2 Å². The molecule has 0 bridgehead atoms. The molecule has 8 heteroatoms. The average molecular weight is 382 g/mol. The van der Waals surface area contributed by atoms with Crippen LogP contribution in [-0.4, -0.2) is 25.6 Å². The van der Waals surface area contributed by atoms with Gasteiger partial charge in [-0.15, -0.1) is 0 Å². The average Bonchev–Trinajstić information content (AvgIpc) is 2.96. The predicted octanol–water partition coefficient (Wildman–Crippen LogP) is 5.08. The van der Waals surface area contributed by atoms with Crippen molar-refractivity contribution in [2.24, 2.45) is 5.41 Å². The number of nitrogens with one attached hydrogen (secondary N) is 1. The number of nitrogens with zero attached hydrogens (tertiary/aromatic N) is 4. The highest BCUT2D eigenvalue weighted by molar-refractivity contribution is 6.36. The van der Waals surface area contributed by atoms with E-state index in [0.29, 0.717) is 17.2 Å². The molecule has 132 valence electrons. The summed E-state index contributed by atoms with van der Waals surface area (Å²) in [6.07, 6.45) is 1.37. The molecular formula is C17H18Cl2FN5. The van der Waals surface area contributed by atoms with Crippen molar-refractivity contribution in [1.29, 1.82) is 0 Å². The number of halogens is 3. The maximum atomic E-state index is 14.5. The first-order valence-electron chi connectivity index (χ1n) is 7.80. The van der Waals surface area contributed by atoms with E-state index in [9.17, 15) is 4.39 Å². The lowest BCUT2D eigenvalue weighted by Gasteiger charge is -2.30. The van der Waals surface area contributed by atoms with Crippen LogP contribution in [-0.2, 0) is 0 Å². The molecule has 0 saturated heterocycles. The molecule has 0 saturated carbocycles. The Labute approximate surface area is 155 Å². The van der Waals surface area contributed by atoms with Gasteiger partial charge in [0.15, 0.2) is 0 Å². The van der Waals surface area contributed by atoms with Crippen LogP contribution in [0.2, 0.25) is 10.2 Å². The van der Waals surface area contributed by atoms with Gasteiger partial charge in [-0.1, -0.05) is 50.0 Å². The van der Waals surface area contributed by atoms with Crippen LogP contribution < -0.4 is 5.32 Å². The predicted molar refractivity (Wildman–Crippen MR) is 98.7 cm³/mol. The number of aromatic nitrogens is 4. The fourth-order valence-corrected chi connectivity index (χ4v) is 2.85. The van der Waals surface area contributed by atoms with E-state index in [2.05, 4.69) is 41.2 Å². The van der Waals surface area contributed by atoms with Crippen LogP contribution in [0.25, 0.3) is 16.9 Å². The second-order valence-corrected chi connectivity index (χ2v) is 7.69. The summed E-state index contributed by atoms with van der Waals surface area (Å²) in [5.41, 5.74) is 0.486. The third-order valence-electron chi connectivity index (χ3n) is 4.25. The van der Waals surface area contributed by atoms with Gasteiger partial charge in [-0.2, -0.15) is 19.6 Å². The number of hydrogen-bond acceptors (Lipinski definition) is 4. The van der Waals surface area contributed by atoms with Crippen molar-refractivity contribution in [3.63, 3.8) is 0 Å². The molecule has 0 aliphatic heterocycles. The summed E-state index contributed by atoms with van der Waals surface area (Å²) in [5, 5.41) is 7.93. The van der Waals surface area contributed by atoms with Crippen LogP contribution >= 0.6 is 23.2 Å². The Morgan fingerprint density at radius 1 is 1.20 bits per heavy atom. The van der Waals surface area contributed by atoms with Gasteiger partial charge < -0.3 is 5.32 Å². The smallest absolute Gasteiger partial charge is 0.255 e. The largest absolute Gasteiger partial charge is 0.366 e. The maximum Gasteiger partial charge on any atom is 0.255 e. The van der Waals surface area contributed by atoms with Gasteiger partial charge in [0.2, 0.25) is 0 Å². The Morgan fingerprint density at radius 3 is 2.56 bits per heavy atom. The summed E-state index contributed by atoms with van der Waals surface area (Å²) in [5.74, 6) is 0.342. The van der Waals surface area contributed by atoms with Gasteiger partial charge in [0.05, 0.1) is 10.6 Å². The second kappa shape index (κ2) is 6.42. The third-order valence-corrected chi connectivity index (χ3v) is 4.84. The van der Waals surface area contributed by atoms with E-state index in [1.54, 1.807) is 12.1 Å². The lowest BCUT2D eigenvalue weighted by molar-refractivity contribution is 0.358. The molecule has 2 aromatic heterocycles. The Bertz CT molecular complexity index is 912. The van der Waals surface area contributed by atoms with Crippen LogP contribution in [0, 0.1) is 11.2 Å². The van der Waals surface area contributed by atoms with Crippen LogP contribution in [0.3, 0.4) is 0 Å². The molecule has 2 heterocycles. The highest BCUT2D eigenvalue weighted by Gasteiger charge is 2.26. The van der Waals surface area contributed by atoms with Crippen molar-refractivity contribution in [1.82, 2.24) is 19.6 Å². The van der Waals surface area contributed by atoms with Crippen molar-refractivity contribution in [2.45, 2.75) is 33.7 Å². The molecule has 0 radical (unpaired) electrons. The number of benzene rings is 1. The summed E-state index contributed by atoms with van der Waals surface area (Å²) < 4.78 is 16.1. The van der Waals surface area contributed by atoms with E-state index in [0.717, 1.165) is 0 Å². The molecule has 0 aliphatic carbocycles. The van der Waals surface area contributed by atoms with Crippen molar-refractivity contribution in [3.8, 4) is 11.1 Å². The van der Waals surface area contributed by atoms with Crippen molar-refractivity contribution >= 4 is 34.8 Å². The second-order valence-electron chi connectivity index (χ2n) is 6.93. The minimum Gasteiger partial charge on any atom is -0.366 e. The topological polar surface area (TPSA) is 55.1 Å². The molecule has 1 unspecified atom stereocenters. The summed E-state index contributed by atoms with van der Waals surface area (Å²) >= 11 is 12.6. The molecule has 3 aromatic rings. The van der Waals surface area contributed by atoms with Crippen molar-refractivity contribution < 1.29 is 4.39 Å². The molecule has 1 N–H and O–H groups in total. The SMILES string of the molecule is CC(Nc1c(-c2c(F)cccc2Cl)c(Cl)nc2ncnn12)C(C)(C)C. The Hall–Kier alpha value is -1.92. The van der Waals surface area contributed by atoms with Gasteiger partial charge in [-0.05, 0) is 24.5 Å². The normalized spacial score (nSPS) is 13.2. The summed E-state index contributed by atoms with van der Waals surface area (Å²) in [6, 6.07) is 4.52. The molecule has 0 fully saturated rings. The Balaban J connectivity index is 2.31. The molecule has 3 rings (SSSR count). The minimum absolute atomic E-state index is 0.0302. The summed E-state index contributed by atoms with van der Waals surface area (Å²) in [6.45, 7) is 8.33. The zero-order valence-corrected chi connectivity index (χ0v) is 15.8. The first-order valence-corrected chi connectivity index (χ1v) is 8.56. The first-order chi connectivity index (χ1) is 11.7. The monoisotopic (exact) mass is 381 g/mol. The molecule has 1 atom stereocenters. The highest BCUT2D eigenvalue weighted by Crippen LogP contribution is 2.40. The standard InChI is InChI=1S/C17H18Cl2FN5/c1-9(17(2,3)4)23-15-13(12-10(18)6-5-7-11(12)20)14(19)24-16-21-8-22-25(15)16/h5-9,23H,1-4H3. The van der Waals surface area contributed by atoms with Gasteiger partial charge in [0.25, 0.3) is 5.78 Å². The van der Waals surface area contributed by atoms with Crippen molar-refractivity contribution in [3.05, 3.63) is 40.5 Å².